The first kappa shape index (κ1) is 69.7. The molecule has 0 radical (unpaired) electrons. The molecule has 4 unspecified atom stereocenters. The van der Waals surface area contributed by atoms with Crippen molar-refractivity contribution in [2.24, 2.45) is 5.73 Å². The molecule has 0 saturated heterocycles. The Morgan fingerprint density at radius 1 is 0.402 bits per heavy atom. The molecule has 486 valence electrons. The summed E-state index contributed by atoms with van der Waals surface area (Å²) in [6.07, 6.45) is -1.14. The Balaban J connectivity index is 0.931. The maximum absolute atomic E-state index is 14.3. The van der Waals surface area contributed by atoms with Crippen LogP contribution in [0.25, 0.3) is 11.1 Å². The largest absolute Gasteiger partial charge is 0.461 e. The lowest BCUT2D eigenvalue weighted by molar-refractivity contribution is -0.151. The zero-order valence-corrected chi connectivity index (χ0v) is 51.3. The molecule has 0 heterocycles. The summed E-state index contributed by atoms with van der Waals surface area (Å²) in [7, 11) is 0. The van der Waals surface area contributed by atoms with Crippen molar-refractivity contribution < 1.29 is 76.3 Å². The molecule has 5 amide bonds. The van der Waals surface area contributed by atoms with Crippen LogP contribution in [0.15, 0.2) is 170 Å². The van der Waals surface area contributed by atoms with Gasteiger partial charge in [-0.3, -0.25) is 28.8 Å². The average molecular weight is 1260 g/mol. The molecular weight excluding hydrogens is 1180 g/mol. The number of unbranched alkanes of at least 4 members (excludes halogenated alkanes) is 1. The van der Waals surface area contributed by atoms with Gasteiger partial charge in [0.25, 0.3) is 0 Å². The standard InChI is InChI=1S/C70H80N6O16/c71-38-18-17-31-58(76-70(85)92-47-57-55-29-15-13-27-53(55)54-28-14-16-30-56(54)57)66(81)72-39-40-86-41-42-87-48-63(78)73-59(67(82)75-61(69(84)91-46-52-25-11-4-12-26-52)34-37-65(80)89-44-50-21-7-2-8-22-50)32-35-62(77)74-60(68(83)90-45-51-23-9-3-10-24-51)33-36-64(79)88-43-49-19-5-1-6-20-49/h1-16,19-30,57-61H,17-18,31-48,71H2,(H,72,81)(H,73,78)(H,74,77)(H,75,82)(H,76,85). The molecule has 22 heteroatoms. The molecule has 0 saturated carbocycles. The molecule has 92 heavy (non-hydrogen) atoms. The normalized spacial score (nSPS) is 12.7. The first-order valence-electron chi connectivity index (χ1n) is 30.8. The number of rotatable bonds is 39. The lowest BCUT2D eigenvalue weighted by Gasteiger charge is -2.23. The highest BCUT2D eigenvalue weighted by molar-refractivity contribution is 5.92. The topological polar surface area (TPSA) is 304 Å². The molecule has 4 atom stereocenters. The summed E-state index contributed by atoms with van der Waals surface area (Å²) in [5, 5.41) is 13.3. The number of amides is 5. The Bertz CT molecular complexity index is 3280. The summed E-state index contributed by atoms with van der Waals surface area (Å²) >= 11 is 0. The molecular formula is C70H80N6O16. The van der Waals surface area contributed by atoms with Gasteiger partial charge >= 0.3 is 30.0 Å². The fourth-order valence-corrected chi connectivity index (χ4v) is 9.92. The number of alkyl carbamates (subject to hydrolysis) is 1. The van der Waals surface area contributed by atoms with Crippen LogP contribution >= 0.6 is 0 Å². The maximum Gasteiger partial charge on any atom is 0.407 e. The van der Waals surface area contributed by atoms with E-state index in [0.717, 1.165) is 33.4 Å². The summed E-state index contributed by atoms with van der Waals surface area (Å²) in [6, 6.07) is 46.3. The minimum Gasteiger partial charge on any atom is -0.461 e. The number of fused-ring (bicyclic) bond motifs is 3. The van der Waals surface area contributed by atoms with Gasteiger partial charge in [0.1, 0.15) is 63.8 Å². The molecule has 1 aliphatic rings. The van der Waals surface area contributed by atoms with Crippen molar-refractivity contribution in [3.8, 4) is 11.1 Å². The van der Waals surface area contributed by atoms with E-state index in [1.165, 1.54) is 0 Å². The number of nitrogens with one attached hydrogen (secondary N) is 5. The summed E-state index contributed by atoms with van der Waals surface area (Å²) in [6.45, 7) is -0.479. The average Bonchev–Trinajstić information content (AvgIpc) is 1.64. The molecule has 7 N–H and O–H groups in total. The van der Waals surface area contributed by atoms with Gasteiger partial charge in [-0.05, 0) is 89.6 Å². The lowest BCUT2D eigenvalue weighted by Crippen LogP contribution is -2.53. The Kier molecular flexibility index (Phi) is 29.3. The number of esters is 4. The molecule has 22 nitrogen and oxygen atoms in total. The van der Waals surface area contributed by atoms with E-state index in [1.807, 2.05) is 60.7 Å². The maximum atomic E-state index is 14.3. The first-order chi connectivity index (χ1) is 44.8. The number of benzene rings is 6. The molecule has 7 rings (SSSR count). The van der Waals surface area contributed by atoms with E-state index in [-0.39, 0.29) is 97.4 Å². The third-order valence-electron chi connectivity index (χ3n) is 14.8. The summed E-state index contributed by atoms with van der Waals surface area (Å²) in [5.74, 6) is -6.12. The van der Waals surface area contributed by atoms with Gasteiger partial charge in [0.05, 0.1) is 19.8 Å². The minimum atomic E-state index is -1.51. The minimum absolute atomic E-state index is 0.0128. The van der Waals surface area contributed by atoms with Crippen molar-refractivity contribution >= 4 is 53.6 Å². The van der Waals surface area contributed by atoms with Gasteiger partial charge < -0.3 is 65.5 Å². The van der Waals surface area contributed by atoms with Gasteiger partial charge in [-0.15, -0.1) is 0 Å². The molecule has 0 aliphatic heterocycles. The Morgan fingerprint density at radius 2 is 0.837 bits per heavy atom. The van der Waals surface area contributed by atoms with Gasteiger partial charge in [-0.2, -0.15) is 0 Å². The molecule has 6 aromatic carbocycles. The van der Waals surface area contributed by atoms with Crippen LogP contribution < -0.4 is 32.3 Å². The number of ether oxygens (including phenoxy) is 7. The second-order valence-electron chi connectivity index (χ2n) is 21.7. The van der Waals surface area contributed by atoms with Crippen molar-refractivity contribution in [1.82, 2.24) is 26.6 Å². The molecule has 0 aromatic heterocycles. The molecule has 0 spiro atoms. The van der Waals surface area contributed by atoms with Crippen molar-refractivity contribution in [2.75, 3.05) is 46.1 Å². The third kappa shape index (κ3) is 24.2. The molecule has 0 fully saturated rings. The highest BCUT2D eigenvalue weighted by Crippen LogP contribution is 2.44. The number of nitrogens with two attached hydrogens (primary N) is 1. The van der Waals surface area contributed by atoms with Crippen LogP contribution in [0.2, 0.25) is 0 Å². The molecule has 1 aliphatic carbocycles. The van der Waals surface area contributed by atoms with Gasteiger partial charge in [0, 0.05) is 31.7 Å². The van der Waals surface area contributed by atoms with Crippen LogP contribution in [0.5, 0.6) is 0 Å². The van der Waals surface area contributed by atoms with Gasteiger partial charge in [0.15, 0.2) is 0 Å². The van der Waals surface area contributed by atoms with E-state index in [2.05, 4.69) is 26.6 Å². The molecule has 6 aromatic rings. The van der Waals surface area contributed by atoms with Crippen LogP contribution in [0.4, 0.5) is 4.79 Å². The Morgan fingerprint density at radius 3 is 1.35 bits per heavy atom. The predicted octanol–water partition coefficient (Wildman–Crippen LogP) is 6.94. The first-order valence-corrected chi connectivity index (χ1v) is 30.8. The number of hydrogen-bond donors (Lipinski definition) is 6. The summed E-state index contributed by atoms with van der Waals surface area (Å²) in [4.78, 5) is 121. The van der Waals surface area contributed by atoms with Crippen molar-refractivity contribution in [3.63, 3.8) is 0 Å². The van der Waals surface area contributed by atoms with Gasteiger partial charge in [-0.25, -0.2) is 14.4 Å². The van der Waals surface area contributed by atoms with E-state index in [4.69, 9.17) is 38.9 Å². The number of carbonyl (C=O) groups excluding carboxylic acids is 9. The smallest absolute Gasteiger partial charge is 0.407 e. The number of carbonyl (C=O) groups is 9. The quantitative estimate of drug-likeness (QED) is 0.0129. The van der Waals surface area contributed by atoms with E-state index < -0.39 is 90.8 Å². The van der Waals surface area contributed by atoms with Crippen LogP contribution in [0, 0.1) is 0 Å². The summed E-state index contributed by atoms with van der Waals surface area (Å²) in [5.41, 5.74) is 12.8. The molecule has 0 bridgehead atoms. The van der Waals surface area contributed by atoms with Gasteiger partial charge in [-0.1, -0.05) is 170 Å². The van der Waals surface area contributed by atoms with E-state index in [0.29, 0.717) is 36.9 Å². The van der Waals surface area contributed by atoms with Crippen LogP contribution in [-0.2, 0) is 97.9 Å². The second kappa shape index (κ2) is 38.7. The van der Waals surface area contributed by atoms with E-state index in [9.17, 15) is 43.2 Å². The Labute approximate surface area is 534 Å². The zero-order valence-electron chi connectivity index (χ0n) is 51.3. The predicted molar refractivity (Wildman–Crippen MR) is 338 cm³/mol. The van der Waals surface area contributed by atoms with Crippen LogP contribution in [0.1, 0.15) is 97.1 Å². The summed E-state index contributed by atoms with van der Waals surface area (Å²) < 4.78 is 38.9. The fourth-order valence-electron chi connectivity index (χ4n) is 9.92. The van der Waals surface area contributed by atoms with Crippen LogP contribution in [-0.4, -0.2) is 124 Å². The zero-order chi connectivity index (χ0) is 65.1. The third-order valence-corrected chi connectivity index (χ3v) is 14.8. The SMILES string of the molecule is NCCCCC(NC(=O)OCC1c2ccccc2-c2ccccc21)C(=O)NCCOCCOCC(=O)NC(CCC(=O)NC(CCC(=O)OCc1ccccc1)C(=O)OCc1ccccc1)C(=O)NC(CCC(=O)OCc1ccccc1)C(=O)OCc1ccccc1. The highest BCUT2D eigenvalue weighted by Gasteiger charge is 2.32. The monoisotopic (exact) mass is 1260 g/mol. The lowest BCUT2D eigenvalue weighted by atomic mass is 9.98. The van der Waals surface area contributed by atoms with Crippen molar-refractivity contribution in [1.29, 1.82) is 0 Å². The fraction of sp³-hybridized carbons (Fsp3) is 0.357. The van der Waals surface area contributed by atoms with E-state index in [1.54, 1.807) is 109 Å². The van der Waals surface area contributed by atoms with Crippen molar-refractivity contribution in [2.45, 2.75) is 114 Å². The van der Waals surface area contributed by atoms with Crippen LogP contribution in [0.3, 0.4) is 0 Å². The number of hydrogen-bond acceptors (Lipinski definition) is 17. The van der Waals surface area contributed by atoms with Gasteiger partial charge in [0.2, 0.25) is 23.6 Å². The van der Waals surface area contributed by atoms with E-state index >= 15 is 0 Å². The second-order valence-corrected chi connectivity index (χ2v) is 21.7. The Hall–Kier alpha value is -9.77. The van der Waals surface area contributed by atoms with Crippen molar-refractivity contribution in [3.05, 3.63) is 203 Å². The highest BCUT2D eigenvalue weighted by atomic mass is 16.6.